The van der Waals surface area contributed by atoms with Gasteiger partial charge < -0.3 is 10.4 Å². The lowest BCUT2D eigenvalue weighted by Crippen LogP contribution is -2.41. The van der Waals surface area contributed by atoms with Crippen molar-refractivity contribution >= 4 is 11.9 Å². The summed E-state index contributed by atoms with van der Waals surface area (Å²) < 4.78 is 25.7. The van der Waals surface area contributed by atoms with Crippen LogP contribution in [0.4, 0.5) is 8.78 Å². The molecule has 0 aliphatic heterocycles. The van der Waals surface area contributed by atoms with Crippen LogP contribution in [-0.2, 0) is 16.0 Å². The third-order valence-corrected chi connectivity index (χ3v) is 2.04. The van der Waals surface area contributed by atoms with E-state index in [1.54, 1.807) is 0 Å². The summed E-state index contributed by atoms with van der Waals surface area (Å²) in [4.78, 5) is 21.6. The summed E-state index contributed by atoms with van der Waals surface area (Å²) in [6, 6.07) is 1.55. The summed E-state index contributed by atoms with van der Waals surface area (Å²) >= 11 is 0. The molecule has 0 saturated carbocycles. The second kappa shape index (κ2) is 5.38. The molecule has 6 heteroatoms. The van der Waals surface area contributed by atoms with Crippen LogP contribution in [-0.4, -0.2) is 23.0 Å². The molecule has 1 aromatic rings. The summed E-state index contributed by atoms with van der Waals surface area (Å²) in [5, 5.41) is 11.0. The third kappa shape index (κ3) is 4.18. The molecule has 0 fully saturated rings. The van der Waals surface area contributed by atoms with E-state index in [4.69, 9.17) is 5.11 Å². The van der Waals surface area contributed by atoms with Crippen LogP contribution in [0.5, 0.6) is 0 Å². The van der Waals surface area contributed by atoms with Crippen molar-refractivity contribution in [1.29, 1.82) is 0 Å². The van der Waals surface area contributed by atoms with Crippen molar-refractivity contribution < 1.29 is 23.5 Å². The third-order valence-electron chi connectivity index (χ3n) is 2.04. The predicted octanol–water partition coefficient (Wildman–Crippen LogP) is 1.10. The molecule has 1 rings (SSSR count). The number of carbonyl (C=O) groups is 2. The van der Waals surface area contributed by atoms with Gasteiger partial charge in [-0.2, -0.15) is 0 Å². The van der Waals surface area contributed by atoms with Crippen LogP contribution in [0.2, 0.25) is 0 Å². The number of nitrogens with one attached hydrogen (secondary N) is 1. The van der Waals surface area contributed by atoms with Gasteiger partial charge in [0, 0.05) is 19.4 Å². The number of hydrogen-bond donors (Lipinski definition) is 2. The number of hydrogen-bond acceptors (Lipinski definition) is 2. The Morgan fingerprint density at radius 2 is 1.82 bits per heavy atom. The monoisotopic (exact) mass is 243 g/mol. The largest absolute Gasteiger partial charge is 0.480 e. The Hall–Kier alpha value is -1.98. The van der Waals surface area contributed by atoms with Crippen LogP contribution in [0.3, 0.4) is 0 Å². The van der Waals surface area contributed by atoms with Gasteiger partial charge in [-0.3, -0.25) is 4.79 Å². The van der Waals surface area contributed by atoms with E-state index in [0.29, 0.717) is 6.07 Å². The van der Waals surface area contributed by atoms with Gasteiger partial charge in [0.25, 0.3) is 0 Å². The lowest BCUT2D eigenvalue weighted by atomic mass is 10.1. The molecule has 17 heavy (non-hydrogen) atoms. The summed E-state index contributed by atoms with van der Waals surface area (Å²) in [6.07, 6.45) is -0.177. The lowest BCUT2D eigenvalue weighted by Gasteiger charge is -2.13. The van der Waals surface area contributed by atoms with E-state index in [0.717, 1.165) is 12.1 Å². The van der Waals surface area contributed by atoms with Gasteiger partial charge in [0.1, 0.15) is 17.7 Å². The predicted molar refractivity (Wildman–Crippen MR) is 55.3 cm³/mol. The van der Waals surface area contributed by atoms with Gasteiger partial charge in [-0.25, -0.2) is 13.6 Å². The molecule has 0 aromatic heterocycles. The maximum Gasteiger partial charge on any atom is 0.326 e. The molecule has 4 nitrogen and oxygen atoms in total. The molecule has 0 aliphatic rings. The molecule has 1 amide bonds. The van der Waals surface area contributed by atoms with Crippen molar-refractivity contribution in [2.75, 3.05) is 0 Å². The normalized spacial score (nSPS) is 11.9. The van der Waals surface area contributed by atoms with Crippen molar-refractivity contribution in [3.8, 4) is 0 Å². The highest BCUT2D eigenvalue weighted by atomic mass is 19.1. The Labute approximate surface area is 96.3 Å². The molecule has 0 aliphatic carbocycles. The van der Waals surface area contributed by atoms with E-state index in [1.165, 1.54) is 6.92 Å². The highest BCUT2D eigenvalue weighted by Gasteiger charge is 2.19. The first kappa shape index (κ1) is 13.1. The minimum atomic E-state index is -1.26. The van der Waals surface area contributed by atoms with E-state index < -0.39 is 29.6 Å². The highest BCUT2D eigenvalue weighted by Crippen LogP contribution is 2.10. The van der Waals surface area contributed by atoms with Crippen LogP contribution in [0.25, 0.3) is 0 Å². The van der Waals surface area contributed by atoms with E-state index in [1.807, 2.05) is 0 Å². The topological polar surface area (TPSA) is 66.4 Å². The first-order chi connectivity index (χ1) is 7.88. The van der Waals surface area contributed by atoms with Gasteiger partial charge in [-0.1, -0.05) is 0 Å². The van der Waals surface area contributed by atoms with Gasteiger partial charge in [0.05, 0.1) is 0 Å². The van der Waals surface area contributed by atoms with E-state index in [-0.39, 0.29) is 12.0 Å². The van der Waals surface area contributed by atoms with Gasteiger partial charge >= 0.3 is 5.97 Å². The number of rotatable bonds is 4. The molecule has 0 bridgehead atoms. The van der Waals surface area contributed by atoms with Crippen molar-refractivity contribution in [1.82, 2.24) is 5.32 Å². The molecule has 0 radical (unpaired) electrons. The molecule has 1 atom stereocenters. The molecule has 0 spiro atoms. The van der Waals surface area contributed by atoms with Crippen molar-refractivity contribution in [3.05, 3.63) is 35.4 Å². The fraction of sp³-hybridized carbons (Fsp3) is 0.273. The first-order valence-corrected chi connectivity index (χ1v) is 4.83. The fourth-order valence-corrected chi connectivity index (χ4v) is 1.41. The Bertz CT molecular complexity index is 428. The van der Waals surface area contributed by atoms with Gasteiger partial charge in [-0.05, 0) is 17.7 Å². The molecule has 0 heterocycles. The number of carboxylic acids is 1. The van der Waals surface area contributed by atoms with Crippen LogP contribution >= 0.6 is 0 Å². The Morgan fingerprint density at radius 3 is 2.24 bits per heavy atom. The minimum absolute atomic E-state index is 0.170. The highest BCUT2D eigenvalue weighted by molar-refractivity contribution is 5.82. The van der Waals surface area contributed by atoms with Crippen molar-refractivity contribution in [3.63, 3.8) is 0 Å². The summed E-state index contributed by atoms with van der Waals surface area (Å²) in [5.41, 5.74) is 0.170. The van der Waals surface area contributed by atoms with E-state index >= 15 is 0 Å². The van der Waals surface area contributed by atoms with Crippen LogP contribution in [0, 0.1) is 11.6 Å². The van der Waals surface area contributed by atoms with Crippen LogP contribution in [0.15, 0.2) is 18.2 Å². The summed E-state index contributed by atoms with van der Waals surface area (Å²) in [7, 11) is 0. The summed E-state index contributed by atoms with van der Waals surface area (Å²) in [5.74, 6) is -3.35. The first-order valence-electron chi connectivity index (χ1n) is 4.83. The van der Waals surface area contributed by atoms with Crippen LogP contribution in [0.1, 0.15) is 12.5 Å². The number of benzene rings is 1. The second-order valence-corrected chi connectivity index (χ2v) is 3.57. The fourth-order valence-electron chi connectivity index (χ4n) is 1.41. The molecule has 2 N–H and O–H groups in total. The molecule has 92 valence electrons. The molecular weight excluding hydrogens is 232 g/mol. The number of carbonyl (C=O) groups excluding carboxylic acids is 1. The Morgan fingerprint density at radius 1 is 1.29 bits per heavy atom. The number of amides is 1. The Balaban J connectivity index is 2.85. The van der Waals surface area contributed by atoms with Crippen molar-refractivity contribution in [2.45, 2.75) is 19.4 Å². The lowest BCUT2D eigenvalue weighted by molar-refractivity contribution is -0.141. The number of aliphatic carboxylic acids is 1. The van der Waals surface area contributed by atoms with Gasteiger partial charge in [-0.15, -0.1) is 0 Å². The molecular formula is C11H11F2NO3. The molecule has 1 aromatic carbocycles. The zero-order chi connectivity index (χ0) is 13.0. The van der Waals surface area contributed by atoms with Crippen molar-refractivity contribution in [2.24, 2.45) is 0 Å². The smallest absolute Gasteiger partial charge is 0.326 e. The molecule has 0 saturated heterocycles. The SMILES string of the molecule is CC(=O)N[C@@H](Cc1cc(F)cc(F)c1)C(=O)O. The Kier molecular flexibility index (Phi) is 4.14. The zero-order valence-corrected chi connectivity index (χ0v) is 9.04. The van der Waals surface area contributed by atoms with Gasteiger partial charge in [0.15, 0.2) is 0 Å². The van der Waals surface area contributed by atoms with Gasteiger partial charge in [0.2, 0.25) is 5.91 Å². The average Bonchev–Trinajstić information content (AvgIpc) is 2.13. The quantitative estimate of drug-likeness (QED) is 0.832. The standard InChI is InChI=1S/C11H11F2NO3/c1-6(15)14-10(11(16)17)4-7-2-8(12)5-9(13)3-7/h2-3,5,10H,4H2,1H3,(H,14,15)(H,16,17)/t10-/m0/s1. The maximum absolute atomic E-state index is 12.9. The number of carboxylic acid groups (broad SMARTS) is 1. The zero-order valence-electron chi connectivity index (χ0n) is 9.04. The van der Waals surface area contributed by atoms with E-state index in [2.05, 4.69) is 5.32 Å². The minimum Gasteiger partial charge on any atom is -0.480 e. The van der Waals surface area contributed by atoms with E-state index in [9.17, 15) is 18.4 Å². The second-order valence-electron chi connectivity index (χ2n) is 3.57. The van der Waals surface area contributed by atoms with Crippen LogP contribution < -0.4 is 5.32 Å². The number of halogens is 2. The average molecular weight is 243 g/mol. The maximum atomic E-state index is 12.9. The molecule has 0 unspecified atom stereocenters. The summed E-state index contributed by atoms with van der Waals surface area (Å²) in [6.45, 7) is 1.17.